The van der Waals surface area contributed by atoms with Gasteiger partial charge in [-0.25, -0.2) is 4.57 Å². The van der Waals surface area contributed by atoms with E-state index in [1.165, 1.54) is 11.1 Å². The summed E-state index contributed by atoms with van der Waals surface area (Å²) in [5.74, 6) is 0.482. The van der Waals surface area contributed by atoms with Crippen molar-refractivity contribution in [1.29, 1.82) is 0 Å². The first kappa shape index (κ1) is 13.8. The highest BCUT2D eigenvalue weighted by Crippen LogP contribution is 2.33. The van der Waals surface area contributed by atoms with Gasteiger partial charge in [-0.3, -0.25) is 0 Å². The third-order valence-electron chi connectivity index (χ3n) is 5.21. The number of aromatic nitrogens is 1. The minimum Gasteiger partial charge on any atom is -0.201 e. The van der Waals surface area contributed by atoms with E-state index in [1.807, 2.05) is 18.5 Å². The van der Waals surface area contributed by atoms with Crippen molar-refractivity contribution in [2.75, 3.05) is 0 Å². The van der Waals surface area contributed by atoms with Crippen LogP contribution in [-0.4, -0.2) is 0 Å². The Balaban J connectivity index is 2.41. The second-order valence-corrected chi connectivity index (χ2v) is 9.87. The van der Waals surface area contributed by atoms with E-state index in [-0.39, 0.29) is 22.1 Å². The molecule has 1 heterocycles. The second-order valence-electron chi connectivity index (χ2n) is 9.87. The minimum atomic E-state index is -2.54. The van der Waals surface area contributed by atoms with Crippen molar-refractivity contribution in [3.63, 3.8) is 0 Å². The molecule has 0 spiro atoms. The van der Waals surface area contributed by atoms with Gasteiger partial charge in [0.05, 0.1) is 6.85 Å². The quantitative estimate of drug-likeness (QED) is 0.391. The molecule has 0 aliphatic rings. The molecule has 0 aliphatic heterocycles. The third-order valence-corrected chi connectivity index (χ3v) is 5.21. The van der Waals surface area contributed by atoms with E-state index in [0.29, 0.717) is 5.92 Å². The zero-order valence-corrected chi connectivity index (χ0v) is 19.2. The van der Waals surface area contributed by atoms with Crippen molar-refractivity contribution in [3.8, 4) is 22.4 Å². The van der Waals surface area contributed by atoms with Gasteiger partial charge in [0.25, 0.3) is 0 Å². The number of hydrogen-bond acceptors (Lipinski definition) is 0. The van der Waals surface area contributed by atoms with Gasteiger partial charge >= 0.3 is 0 Å². The van der Waals surface area contributed by atoms with Gasteiger partial charge in [-0.2, -0.15) is 0 Å². The lowest BCUT2D eigenvalue weighted by atomic mass is 9.84. The number of rotatable bonds is 5. The first-order valence-corrected chi connectivity index (χ1v) is 10.6. The second kappa shape index (κ2) is 8.76. The lowest BCUT2D eigenvalue weighted by Crippen LogP contribution is -2.33. The van der Waals surface area contributed by atoms with Gasteiger partial charge in [0.1, 0.15) is 7.05 Å². The number of nitrogens with zero attached hydrogens (tertiary/aromatic N) is 1. The maximum Gasteiger partial charge on any atom is 0.212 e. The Bertz CT molecular complexity index is 1350. The highest BCUT2D eigenvalue weighted by Gasteiger charge is 2.22. The summed E-state index contributed by atoms with van der Waals surface area (Å²) < 4.78 is 67.8. The van der Waals surface area contributed by atoms with Gasteiger partial charge in [-0.15, -0.1) is 0 Å². The zero-order chi connectivity index (χ0) is 28.9. The minimum absolute atomic E-state index is 0.0359. The molecule has 30 heavy (non-hydrogen) atoms. The predicted octanol–water partition coefficient (Wildman–Crippen LogP) is 7.25. The first-order valence-electron chi connectivity index (χ1n) is 14.6. The van der Waals surface area contributed by atoms with Crippen LogP contribution in [0.15, 0.2) is 54.6 Å². The van der Waals surface area contributed by atoms with Crippen LogP contribution >= 0.6 is 0 Å². The standard InChI is InChI=1S/C29H38N/c1-20(2)14-25-19-30(8)28(16-24(25)18-29(5,6)7)27-17-26(21(3)15-22(27)4)23-12-10-9-11-13-23/h9-13,15-17,19-20H,14,18H2,1-8H3/q+1/i3D3,9D,10D,11D,12D,13D. The van der Waals surface area contributed by atoms with Crippen LogP contribution in [0.3, 0.4) is 0 Å². The molecule has 2 aromatic carbocycles. The Morgan fingerprint density at radius 2 is 1.67 bits per heavy atom. The lowest BCUT2D eigenvalue weighted by Gasteiger charge is -2.21. The zero-order valence-electron chi connectivity index (χ0n) is 27.2. The van der Waals surface area contributed by atoms with Crippen LogP contribution < -0.4 is 4.57 Å². The Morgan fingerprint density at radius 3 is 2.27 bits per heavy atom. The summed E-state index contributed by atoms with van der Waals surface area (Å²) in [6, 6.07) is 3.10. The Morgan fingerprint density at radius 1 is 0.967 bits per heavy atom. The summed E-state index contributed by atoms with van der Waals surface area (Å²) in [5.41, 5.74) is 4.91. The highest BCUT2D eigenvalue weighted by atomic mass is 14.9. The van der Waals surface area contributed by atoms with Crippen molar-refractivity contribution in [2.24, 2.45) is 18.4 Å². The van der Waals surface area contributed by atoms with Crippen molar-refractivity contribution in [2.45, 2.75) is 61.2 Å². The lowest BCUT2D eigenvalue weighted by molar-refractivity contribution is -0.660. The predicted molar refractivity (Wildman–Crippen MR) is 130 cm³/mol. The van der Waals surface area contributed by atoms with Crippen LogP contribution in [-0.2, 0) is 19.9 Å². The van der Waals surface area contributed by atoms with Gasteiger partial charge in [0, 0.05) is 21.3 Å². The molecule has 0 radical (unpaired) electrons. The molecular formula is C29H38N+. The maximum atomic E-state index is 8.51. The topological polar surface area (TPSA) is 3.88 Å². The average Bonchev–Trinajstić information content (AvgIpc) is 2.77. The summed E-state index contributed by atoms with van der Waals surface area (Å²) in [5, 5.41) is 0. The maximum absolute atomic E-state index is 8.51. The molecule has 0 unspecified atom stereocenters. The van der Waals surface area contributed by atoms with E-state index in [1.54, 1.807) is 12.1 Å². The van der Waals surface area contributed by atoms with Crippen LogP contribution in [0, 0.1) is 25.1 Å². The largest absolute Gasteiger partial charge is 0.212 e. The molecule has 158 valence electrons. The Kier molecular flexibility index (Phi) is 4.03. The van der Waals surface area contributed by atoms with Crippen molar-refractivity contribution >= 4 is 0 Å². The number of benzene rings is 2. The van der Waals surface area contributed by atoms with Crippen LogP contribution in [0.2, 0.25) is 0 Å². The molecule has 0 atom stereocenters. The van der Waals surface area contributed by atoms with Crippen molar-refractivity contribution < 1.29 is 15.5 Å². The van der Waals surface area contributed by atoms with Crippen molar-refractivity contribution in [1.82, 2.24) is 0 Å². The fraction of sp³-hybridized carbons (Fsp3) is 0.414. The molecule has 0 fully saturated rings. The van der Waals surface area contributed by atoms with E-state index in [2.05, 4.69) is 46.9 Å². The normalized spacial score (nSPS) is 16.1. The summed E-state index contributed by atoms with van der Waals surface area (Å²) in [6.45, 7) is 10.3. The Labute approximate surface area is 195 Å². The molecule has 1 heteroatoms. The van der Waals surface area contributed by atoms with Crippen molar-refractivity contribution in [3.05, 3.63) is 76.9 Å². The molecule has 0 saturated heterocycles. The number of aryl methyl sites for hydroxylation is 3. The summed E-state index contributed by atoms with van der Waals surface area (Å²) >= 11 is 0. The van der Waals surface area contributed by atoms with E-state index < -0.39 is 37.1 Å². The van der Waals surface area contributed by atoms with Gasteiger partial charge in [0.15, 0.2) is 6.20 Å². The van der Waals surface area contributed by atoms with Gasteiger partial charge < -0.3 is 0 Å². The van der Waals surface area contributed by atoms with E-state index >= 15 is 0 Å². The molecule has 3 rings (SSSR count). The molecule has 3 aromatic rings. The van der Waals surface area contributed by atoms with E-state index in [0.717, 1.165) is 29.7 Å². The first-order chi connectivity index (χ1) is 17.3. The summed E-state index contributed by atoms with van der Waals surface area (Å²) in [7, 11) is 1.96. The smallest absolute Gasteiger partial charge is 0.201 e. The Hall–Kier alpha value is -2.41. The number of hydrogen-bond donors (Lipinski definition) is 0. The van der Waals surface area contributed by atoms with Gasteiger partial charge in [0.2, 0.25) is 5.69 Å². The van der Waals surface area contributed by atoms with Gasteiger partial charge in [-0.1, -0.05) is 70.9 Å². The summed E-state index contributed by atoms with van der Waals surface area (Å²) in [6.07, 6.45) is 3.94. The van der Waals surface area contributed by atoms with E-state index in [9.17, 15) is 0 Å². The summed E-state index contributed by atoms with van der Waals surface area (Å²) in [4.78, 5) is 0. The van der Waals surface area contributed by atoms with Crippen LogP contribution in [0.4, 0.5) is 0 Å². The van der Waals surface area contributed by atoms with Gasteiger partial charge in [-0.05, 0) is 71.8 Å². The van der Waals surface area contributed by atoms with Crippen LogP contribution in [0.5, 0.6) is 0 Å². The SMILES string of the molecule is [2H]c1c([2H])c([2H])c(-c2cc(-c3cc(CC(C)(C)C)c(CC(C)C)c[n+]3C)c(C)cc2C([2H])([2H])[2H])c([2H])c1[2H]. The molecule has 1 nitrogen and oxygen atoms in total. The average molecular weight is 409 g/mol. The molecule has 0 saturated carbocycles. The number of pyridine rings is 1. The third kappa shape index (κ3) is 5.19. The molecule has 1 aromatic heterocycles. The van der Waals surface area contributed by atoms with Crippen LogP contribution in [0.25, 0.3) is 22.4 Å². The molecule has 0 aliphatic carbocycles. The molecule has 0 amide bonds. The fourth-order valence-corrected chi connectivity index (χ4v) is 3.95. The van der Waals surface area contributed by atoms with E-state index in [4.69, 9.17) is 11.0 Å². The monoisotopic (exact) mass is 408 g/mol. The fourth-order valence-electron chi connectivity index (χ4n) is 3.95. The van der Waals surface area contributed by atoms with Crippen LogP contribution in [0.1, 0.15) is 67.8 Å². The highest BCUT2D eigenvalue weighted by molar-refractivity contribution is 5.75. The molecule has 0 bridgehead atoms. The molecular weight excluding hydrogens is 362 g/mol. The molecule has 0 N–H and O–H groups in total.